The standard InChI is InChI=1S/C12H14N4O4/c1-16(7-10-13-4-5-14-10)12(19)15-6-8-2-3-9(20-8)11(17)18/h2-5H,6-7H2,1H3,(H,13,14)(H,15,19)(H,17,18). The van der Waals surface area contributed by atoms with Crippen molar-refractivity contribution in [3.63, 3.8) is 0 Å². The van der Waals surface area contributed by atoms with Gasteiger partial charge >= 0.3 is 12.0 Å². The fraction of sp³-hybridized carbons (Fsp3) is 0.250. The van der Waals surface area contributed by atoms with Gasteiger partial charge in [-0.2, -0.15) is 0 Å². The number of carboxylic acid groups (broad SMARTS) is 1. The first-order chi connectivity index (χ1) is 9.56. The largest absolute Gasteiger partial charge is 0.475 e. The summed E-state index contributed by atoms with van der Waals surface area (Å²) in [6.45, 7) is 0.464. The molecule has 0 aliphatic heterocycles. The van der Waals surface area contributed by atoms with Gasteiger partial charge in [0.1, 0.15) is 11.6 Å². The number of rotatable bonds is 5. The molecule has 3 N–H and O–H groups in total. The predicted molar refractivity (Wildman–Crippen MR) is 68.0 cm³/mol. The van der Waals surface area contributed by atoms with Crippen molar-refractivity contribution in [2.24, 2.45) is 0 Å². The molecule has 0 atom stereocenters. The first-order valence-electron chi connectivity index (χ1n) is 5.85. The molecule has 2 amide bonds. The maximum absolute atomic E-state index is 11.8. The number of carbonyl (C=O) groups is 2. The molecule has 0 bridgehead atoms. The number of aromatic carboxylic acids is 1. The lowest BCUT2D eigenvalue weighted by atomic mass is 10.4. The van der Waals surface area contributed by atoms with Crippen LogP contribution in [0.15, 0.2) is 28.9 Å². The number of urea groups is 1. The Labute approximate surface area is 114 Å². The van der Waals surface area contributed by atoms with E-state index in [4.69, 9.17) is 9.52 Å². The number of furan rings is 1. The molecule has 2 aromatic heterocycles. The summed E-state index contributed by atoms with van der Waals surface area (Å²) in [7, 11) is 1.63. The second-order valence-corrected chi connectivity index (χ2v) is 4.12. The molecule has 0 aliphatic rings. The van der Waals surface area contributed by atoms with Crippen LogP contribution >= 0.6 is 0 Å². The fourth-order valence-electron chi connectivity index (χ4n) is 1.57. The molecule has 0 unspecified atom stereocenters. The number of H-pyrrole nitrogens is 1. The van der Waals surface area contributed by atoms with E-state index in [9.17, 15) is 9.59 Å². The SMILES string of the molecule is CN(Cc1ncc[nH]1)C(=O)NCc1ccc(C(=O)O)o1. The molecule has 8 heteroatoms. The molecular formula is C12H14N4O4. The van der Waals surface area contributed by atoms with Crippen LogP contribution in [0.5, 0.6) is 0 Å². The molecule has 0 saturated heterocycles. The van der Waals surface area contributed by atoms with Crippen molar-refractivity contribution >= 4 is 12.0 Å². The van der Waals surface area contributed by atoms with E-state index in [0.29, 0.717) is 18.1 Å². The summed E-state index contributed by atoms with van der Waals surface area (Å²) in [5.41, 5.74) is 0. The van der Waals surface area contributed by atoms with Crippen molar-refractivity contribution in [1.82, 2.24) is 20.2 Å². The number of nitrogens with one attached hydrogen (secondary N) is 2. The minimum Gasteiger partial charge on any atom is -0.475 e. The molecule has 0 aromatic carbocycles. The van der Waals surface area contributed by atoms with Crippen LogP contribution in [0.2, 0.25) is 0 Å². The molecule has 0 fully saturated rings. The maximum atomic E-state index is 11.8. The van der Waals surface area contributed by atoms with Crippen LogP contribution < -0.4 is 5.32 Å². The number of imidazole rings is 1. The van der Waals surface area contributed by atoms with Crippen molar-refractivity contribution in [1.29, 1.82) is 0 Å². The number of carbonyl (C=O) groups excluding carboxylic acids is 1. The highest BCUT2D eigenvalue weighted by Crippen LogP contribution is 2.07. The molecular weight excluding hydrogens is 264 g/mol. The van der Waals surface area contributed by atoms with Crippen LogP contribution in [0.25, 0.3) is 0 Å². The monoisotopic (exact) mass is 278 g/mol. The topological polar surface area (TPSA) is 111 Å². The molecule has 2 rings (SSSR count). The first-order valence-corrected chi connectivity index (χ1v) is 5.85. The van der Waals surface area contributed by atoms with Gasteiger partial charge in [0.15, 0.2) is 0 Å². The van der Waals surface area contributed by atoms with Crippen molar-refractivity contribution in [3.8, 4) is 0 Å². The smallest absolute Gasteiger partial charge is 0.371 e. The highest BCUT2D eigenvalue weighted by atomic mass is 16.4. The van der Waals surface area contributed by atoms with Gasteiger partial charge in [0.05, 0.1) is 13.1 Å². The van der Waals surface area contributed by atoms with Crippen molar-refractivity contribution in [2.75, 3.05) is 7.05 Å². The number of aromatic nitrogens is 2. The minimum absolute atomic E-state index is 0.120. The molecule has 20 heavy (non-hydrogen) atoms. The van der Waals surface area contributed by atoms with E-state index in [0.717, 1.165) is 0 Å². The second-order valence-electron chi connectivity index (χ2n) is 4.12. The summed E-state index contributed by atoms with van der Waals surface area (Å²) in [5, 5.41) is 11.3. The Morgan fingerprint density at radius 3 is 2.90 bits per heavy atom. The highest BCUT2D eigenvalue weighted by molar-refractivity contribution is 5.84. The summed E-state index contributed by atoms with van der Waals surface area (Å²) < 4.78 is 5.03. The van der Waals surface area contributed by atoms with E-state index in [1.54, 1.807) is 19.4 Å². The average Bonchev–Trinajstić information content (AvgIpc) is 3.06. The van der Waals surface area contributed by atoms with Gasteiger partial charge in [-0.3, -0.25) is 0 Å². The van der Waals surface area contributed by atoms with E-state index < -0.39 is 5.97 Å². The normalized spacial score (nSPS) is 10.2. The zero-order valence-corrected chi connectivity index (χ0v) is 10.8. The summed E-state index contributed by atoms with van der Waals surface area (Å²) in [4.78, 5) is 30.8. The van der Waals surface area contributed by atoms with Crippen LogP contribution in [-0.2, 0) is 13.1 Å². The van der Waals surface area contributed by atoms with E-state index in [1.165, 1.54) is 17.0 Å². The molecule has 0 aliphatic carbocycles. The third-order valence-corrected chi connectivity index (χ3v) is 2.57. The zero-order chi connectivity index (χ0) is 14.5. The Morgan fingerprint density at radius 2 is 2.30 bits per heavy atom. The van der Waals surface area contributed by atoms with Crippen LogP contribution in [-0.4, -0.2) is 39.0 Å². The van der Waals surface area contributed by atoms with E-state index >= 15 is 0 Å². The predicted octanol–water partition coefficient (Wildman–Crippen LogP) is 1.04. The molecule has 8 nitrogen and oxygen atoms in total. The molecule has 2 aromatic rings. The quantitative estimate of drug-likeness (QED) is 0.756. The minimum atomic E-state index is -1.14. The van der Waals surface area contributed by atoms with Gasteiger partial charge < -0.3 is 24.7 Å². The van der Waals surface area contributed by atoms with Gasteiger partial charge in [0, 0.05) is 19.4 Å². The Kier molecular flexibility index (Phi) is 4.04. The lowest BCUT2D eigenvalue weighted by Crippen LogP contribution is -2.36. The van der Waals surface area contributed by atoms with Crippen molar-refractivity contribution in [3.05, 3.63) is 41.9 Å². The van der Waals surface area contributed by atoms with E-state index in [2.05, 4.69) is 15.3 Å². The van der Waals surface area contributed by atoms with Crippen molar-refractivity contribution < 1.29 is 19.1 Å². The van der Waals surface area contributed by atoms with Crippen LogP contribution in [0.4, 0.5) is 4.79 Å². The molecule has 0 radical (unpaired) electrons. The number of carboxylic acids is 1. The number of amides is 2. The van der Waals surface area contributed by atoms with Gasteiger partial charge in [0.25, 0.3) is 0 Å². The Hall–Kier alpha value is -2.77. The van der Waals surface area contributed by atoms with E-state index in [-0.39, 0.29) is 18.3 Å². The molecule has 2 heterocycles. The number of nitrogens with zero attached hydrogens (tertiary/aromatic N) is 2. The van der Waals surface area contributed by atoms with Crippen LogP contribution in [0, 0.1) is 0 Å². The van der Waals surface area contributed by atoms with Crippen LogP contribution in [0.3, 0.4) is 0 Å². The van der Waals surface area contributed by atoms with Gasteiger partial charge in [-0.25, -0.2) is 14.6 Å². The number of aromatic amines is 1. The lowest BCUT2D eigenvalue weighted by molar-refractivity contribution is 0.0660. The Morgan fingerprint density at radius 1 is 1.50 bits per heavy atom. The van der Waals surface area contributed by atoms with Gasteiger partial charge in [-0.15, -0.1) is 0 Å². The second kappa shape index (κ2) is 5.91. The van der Waals surface area contributed by atoms with Gasteiger partial charge in [0.2, 0.25) is 5.76 Å². The third kappa shape index (κ3) is 3.37. The summed E-state index contributed by atoms with van der Waals surface area (Å²) in [5.74, 6) is -0.244. The molecule has 0 saturated carbocycles. The number of hydrogen-bond acceptors (Lipinski definition) is 4. The lowest BCUT2D eigenvalue weighted by Gasteiger charge is -2.16. The van der Waals surface area contributed by atoms with Gasteiger partial charge in [-0.1, -0.05) is 0 Å². The van der Waals surface area contributed by atoms with Crippen LogP contribution in [0.1, 0.15) is 22.1 Å². The Balaban J connectivity index is 1.83. The summed E-state index contributed by atoms with van der Waals surface area (Å²) in [6, 6.07) is 2.54. The average molecular weight is 278 g/mol. The van der Waals surface area contributed by atoms with Gasteiger partial charge in [-0.05, 0) is 12.1 Å². The van der Waals surface area contributed by atoms with Crippen molar-refractivity contribution in [2.45, 2.75) is 13.1 Å². The molecule has 106 valence electrons. The Bertz CT molecular complexity index is 590. The zero-order valence-electron chi connectivity index (χ0n) is 10.8. The first kappa shape index (κ1) is 13.7. The third-order valence-electron chi connectivity index (χ3n) is 2.57. The fourth-order valence-corrected chi connectivity index (χ4v) is 1.57. The summed E-state index contributed by atoms with van der Waals surface area (Å²) in [6.07, 6.45) is 3.29. The highest BCUT2D eigenvalue weighted by Gasteiger charge is 2.12. The van der Waals surface area contributed by atoms with E-state index in [1.807, 2.05) is 0 Å². The number of hydrogen-bond donors (Lipinski definition) is 3. The molecule has 0 spiro atoms. The maximum Gasteiger partial charge on any atom is 0.371 e. The summed E-state index contributed by atoms with van der Waals surface area (Å²) >= 11 is 0.